The van der Waals surface area contributed by atoms with E-state index in [1.54, 1.807) is 48.4 Å². The summed E-state index contributed by atoms with van der Waals surface area (Å²) in [6.07, 6.45) is 0. The number of nitrogens with one attached hydrogen (secondary N) is 1. The quantitative estimate of drug-likeness (QED) is 0.639. The Morgan fingerprint density at radius 1 is 0.848 bits per heavy atom. The van der Waals surface area contributed by atoms with Gasteiger partial charge >= 0.3 is 5.97 Å². The zero-order valence-corrected chi connectivity index (χ0v) is 19.9. The zero-order chi connectivity index (χ0) is 23.3. The Hall–Kier alpha value is -3.46. The summed E-state index contributed by atoms with van der Waals surface area (Å²) in [6, 6.07) is 10.1. The maximum atomic E-state index is 13.0. The van der Waals surface area contributed by atoms with Crippen LogP contribution in [0, 0.1) is 0 Å². The number of hydrogen-bond acceptors (Lipinski definition) is 7. The molecule has 0 radical (unpaired) electrons. The van der Waals surface area contributed by atoms with Crippen LogP contribution in [-0.4, -0.2) is 70.2 Å². The van der Waals surface area contributed by atoms with E-state index < -0.39 is 5.97 Å². The van der Waals surface area contributed by atoms with Crippen molar-refractivity contribution in [1.82, 2.24) is 4.90 Å². The highest BCUT2D eigenvalue weighted by Gasteiger charge is 2.25. The summed E-state index contributed by atoms with van der Waals surface area (Å²) >= 11 is 0. The standard InChI is InChI=1S/C23H27N3O6.ClH/c1-15(27)24-18-7-5-17(23(29)32-4)13-19(18)25-9-11-26(12-10-25)22(28)16-6-8-20(30-2)21(14-16)31-3;/h5-8,13-14H,9-12H2,1-4H3,(H,24,27);1H. The number of ether oxygens (including phenoxy) is 3. The fraction of sp³-hybridized carbons (Fsp3) is 0.348. The lowest BCUT2D eigenvalue weighted by atomic mass is 10.1. The number of carbonyl (C=O) groups is 3. The second-order valence-corrected chi connectivity index (χ2v) is 7.25. The molecule has 3 rings (SSSR count). The molecule has 0 atom stereocenters. The Morgan fingerprint density at radius 2 is 1.48 bits per heavy atom. The predicted octanol–water partition coefficient (Wildman–Crippen LogP) is 2.83. The molecule has 0 spiro atoms. The molecule has 1 fully saturated rings. The molecular formula is C23H28ClN3O6. The summed E-state index contributed by atoms with van der Waals surface area (Å²) < 4.78 is 15.3. The van der Waals surface area contributed by atoms with E-state index in [1.807, 2.05) is 4.90 Å². The van der Waals surface area contributed by atoms with Gasteiger partial charge in [-0.15, -0.1) is 12.4 Å². The Labute approximate surface area is 199 Å². The van der Waals surface area contributed by atoms with Gasteiger partial charge in [0.1, 0.15) is 0 Å². The first-order valence-corrected chi connectivity index (χ1v) is 10.1. The summed E-state index contributed by atoms with van der Waals surface area (Å²) in [5.74, 6) is 0.291. The lowest BCUT2D eigenvalue weighted by Crippen LogP contribution is -2.49. The zero-order valence-electron chi connectivity index (χ0n) is 19.0. The normalized spacial score (nSPS) is 13.0. The number of halogens is 1. The van der Waals surface area contributed by atoms with Crippen molar-refractivity contribution in [3.63, 3.8) is 0 Å². The monoisotopic (exact) mass is 477 g/mol. The van der Waals surface area contributed by atoms with Gasteiger partial charge in [0.05, 0.1) is 38.3 Å². The summed E-state index contributed by atoms with van der Waals surface area (Å²) in [6.45, 7) is 3.47. The van der Waals surface area contributed by atoms with Crippen LogP contribution >= 0.6 is 12.4 Å². The number of methoxy groups -OCH3 is 3. The third-order valence-electron chi connectivity index (χ3n) is 5.27. The number of amides is 2. The molecule has 10 heteroatoms. The van der Waals surface area contributed by atoms with Crippen molar-refractivity contribution < 1.29 is 28.6 Å². The molecule has 1 heterocycles. The van der Waals surface area contributed by atoms with Gasteiger partial charge in [-0.1, -0.05) is 0 Å². The van der Waals surface area contributed by atoms with Crippen molar-refractivity contribution in [2.45, 2.75) is 6.92 Å². The van der Waals surface area contributed by atoms with Crippen LogP contribution in [-0.2, 0) is 9.53 Å². The van der Waals surface area contributed by atoms with E-state index in [0.717, 1.165) is 0 Å². The lowest BCUT2D eigenvalue weighted by Gasteiger charge is -2.37. The summed E-state index contributed by atoms with van der Waals surface area (Å²) in [7, 11) is 4.39. The van der Waals surface area contributed by atoms with E-state index in [4.69, 9.17) is 14.2 Å². The van der Waals surface area contributed by atoms with Crippen LogP contribution in [0.5, 0.6) is 11.5 Å². The number of nitrogens with zero attached hydrogens (tertiary/aromatic N) is 2. The fourth-order valence-corrected chi connectivity index (χ4v) is 3.64. The van der Waals surface area contributed by atoms with E-state index in [1.165, 1.54) is 21.1 Å². The summed E-state index contributed by atoms with van der Waals surface area (Å²) in [5, 5.41) is 2.80. The van der Waals surface area contributed by atoms with Gasteiger partial charge in [0.2, 0.25) is 5.91 Å². The molecule has 0 aromatic heterocycles. The minimum atomic E-state index is -0.456. The molecule has 2 amide bonds. The first-order valence-electron chi connectivity index (χ1n) is 10.1. The van der Waals surface area contributed by atoms with Gasteiger partial charge in [-0.3, -0.25) is 9.59 Å². The molecule has 1 N–H and O–H groups in total. The van der Waals surface area contributed by atoms with E-state index in [9.17, 15) is 14.4 Å². The average Bonchev–Trinajstić information content (AvgIpc) is 2.82. The molecule has 1 saturated heterocycles. The minimum absolute atomic E-state index is 0. The predicted molar refractivity (Wildman–Crippen MR) is 127 cm³/mol. The number of hydrogen-bond donors (Lipinski definition) is 1. The van der Waals surface area contributed by atoms with Crippen molar-refractivity contribution in [1.29, 1.82) is 0 Å². The van der Waals surface area contributed by atoms with Crippen molar-refractivity contribution >= 4 is 41.6 Å². The summed E-state index contributed by atoms with van der Waals surface area (Å²) in [4.78, 5) is 40.4. The van der Waals surface area contributed by atoms with Crippen LogP contribution in [0.25, 0.3) is 0 Å². The number of rotatable bonds is 6. The molecule has 2 aromatic rings. The summed E-state index contributed by atoms with van der Waals surface area (Å²) in [5.41, 5.74) is 2.22. The van der Waals surface area contributed by atoms with Crippen LogP contribution in [0.15, 0.2) is 36.4 Å². The number of esters is 1. The molecule has 0 saturated carbocycles. The van der Waals surface area contributed by atoms with E-state index >= 15 is 0 Å². The number of piperazine rings is 1. The maximum absolute atomic E-state index is 13.0. The second-order valence-electron chi connectivity index (χ2n) is 7.25. The average molecular weight is 478 g/mol. The molecule has 0 unspecified atom stereocenters. The van der Waals surface area contributed by atoms with Crippen LogP contribution in [0.1, 0.15) is 27.6 Å². The van der Waals surface area contributed by atoms with Crippen LogP contribution in [0.2, 0.25) is 0 Å². The molecule has 0 bridgehead atoms. The van der Waals surface area contributed by atoms with Crippen LogP contribution in [0.3, 0.4) is 0 Å². The minimum Gasteiger partial charge on any atom is -0.493 e. The van der Waals surface area contributed by atoms with Gasteiger partial charge in [0.25, 0.3) is 5.91 Å². The van der Waals surface area contributed by atoms with Crippen LogP contribution < -0.4 is 19.7 Å². The second kappa shape index (κ2) is 11.4. The molecule has 9 nitrogen and oxygen atoms in total. The van der Waals surface area contributed by atoms with Crippen molar-refractivity contribution in [2.75, 3.05) is 57.7 Å². The van der Waals surface area contributed by atoms with Crippen molar-refractivity contribution in [2.24, 2.45) is 0 Å². The fourth-order valence-electron chi connectivity index (χ4n) is 3.64. The lowest BCUT2D eigenvalue weighted by molar-refractivity contribution is -0.114. The van der Waals surface area contributed by atoms with Crippen molar-refractivity contribution in [3.05, 3.63) is 47.5 Å². The highest BCUT2D eigenvalue weighted by Crippen LogP contribution is 2.30. The Kier molecular flexibility index (Phi) is 8.93. The van der Waals surface area contributed by atoms with Gasteiger partial charge in [-0.25, -0.2) is 4.79 Å². The molecule has 178 valence electrons. The Bertz CT molecular complexity index is 1020. The van der Waals surface area contributed by atoms with Gasteiger partial charge < -0.3 is 29.3 Å². The highest BCUT2D eigenvalue weighted by molar-refractivity contribution is 5.97. The number of carbonyl (C=O) groups excluding carboxylic acids is 3. The van der Waals surface area contributed by atoms with Crippen molar-refractivity contribution in [3.8, 4) is 11.5 Å². The molecular weight excluding hydrogens is 450 g/mol. The first-order chi connectivity index (χ1) is 15.4. The van der Waals surface area contributed by atoms with Gasteiger partial charge in [-0.2, -0.15) is 0 Å². The van der Waals surface area contributed by atoms with Gasteiger partial charge in [0.15, 0.2) is 11.5 Å². The largest absolute Gasteiger partial charge is 0.493 e. The third kappa shape index (κ3) is 5.87. The van der Waals surface area contributed by atoms with Gasteiger partial charge in [-0.05, 0) is 36.4 Å². The Balaban J connectivity index is 0.00000385. The van der Waals surface area contributed by atoms with E-state index in [0.29, 0.717) is 60.2 Å². The first kappa shape index (κ1) is 25.8. The molecule has 33 heavy (non-hydrogen) atoms. The number of benzene rings is 2. The van der Waals surface area contributed by atoms with Crippen LogP contribution in [0.4, 0.5) is 11.4 Å². The molecule has 1 aliphatic heterocycles. The Morgan fingerprint density at radius 3 is 2.06 bits per heavy atom. The molecule has 1 aliphatic rings. The smallest absolute Gasteiger partial charge is 0.337 e. The topological polar surface area (TPSA) is 97.4 Å². The highest BCUT2D eigenvalue weighted by atomic mass is 35.5. The maximum Gasteiger partial charge on any atom is 0.337 e. The molecule has 2 aromatic carbocycles. The SMILES string of the molecule is COC(=O)c1ccc(NC(C)=O)c(N2CCN(C(=O)c3ccc(OC)c(OC)c3)CC2)c1.Cl. The third-order valence-corrected chi connectivity index (χ3v) is 5.27. The van der Waals surface area contributed by atoms with E-state index in [2.05, 4.69) is 5.32 Å². The molecule has 0 aliphatic carbocycles. The van der Waals surface area contributed by atoms with Gasteiger partial charge in [0, 0.05) is 38.7 Å². The van der Waals surface area contributed by atoms with E-state index in [-0.39, 0.29) is 24.2 Å². The number of anilines is 2.